The highest BCUT2D eigenvalue weighted by Crippen LogP contribution is 2.10. The molecule has 0 aliphatic rings. The molecule has 1 aromatic rings. The van der Waals surface area contributed by atoms with Crippen LogP contribution in [-0.2, 0) is 16.7 Å². The zero-order chi connectivity index (χ0) is 13.4. The summed E-state index contributed by atoms with van der Waals surface area (Å²) < 4.78 is 34.5. The third-order valence-electron chi connectivity index (χ3n) is 2.49. The van der Waals surface area contributed by atoms with Crippen LogP contribution in [0.5, 0.6) is 5.75 Å². The van der Waals surface area contributed by atoms with Gasteiger partial charge in [-0.25, -0.2) is 0 Å². The molecule has 1 aromatic carbocycles. The summed E-state index contributed by atoms with van der Waals surface area (Å²) in [5, 5.41) is 3.21. The van der Waals surface area contributed by atoms with E-state index in [0.717, 1.165) is 30.8 Å². The molecule has 0 saturated heterocycles. The standard InChI is InChI=1S/C12H19NO4S/c1-17-12-6-4-11(5-7-12)10-13-8-2-3-9-18(14,15)16/h4-7,13H,2-3,8-10H2,1H3,(H,14,15,16). The van der Waals surface area contributed by atoms with Crippen molar-refractivity contribution >= 4 is 10.1 Å². The molecule has 0 saturated carbocycles. The van der Waals surface area contributed by atoms with Gasteiger partial charge in [-0.15, -0.1) is 0 Å². The predicted molar refractivity (Wildman–Crippen MR) is 70.4 cm³/mol. The molecule has 0 fully saturated rings. The lowest BCUT2D eigenvalue weighted by Crippen LogP contribution is -2.15. The van der Waals surface area contributed by atoms with Gasteiger partial charge in [0.2, 0.25) is 0 Å². The molecule has 102 valence electrons. The van der Waals surface area contributed by atoms with Crippen LogP contribution in [0.15, 0.2) is 24.3 Å². The van der Waals surface area contributed by atoms with Gasteiger partial charge in [-0.2, -0.15) is 8.42 Å². The summed E-state index contributed by atoms with van der Waals surface area (Å²) in [5.74, 6) is 0.656. The summed E-state index contributed by atoms with van der Waals surface area (Å²) >= 11 is 0. The van der Waals surface area contributed by atoms with Gasteiger partial charge in [-0.05, 0) is 37.1 Å². The fourth-order valence-corrected chi connectivity index (χ4v) is 2.08. The van der Waals surface area contributed by atoms with Crippen molar-refractivity contribution in [2.24, 2.45) is 0 Å². The summed E-state index contributed by atoms with van der Waals surface area (Å²) in [4.78, 5) is 0. The molecule has 0 heterocycles. The second-order valence-corrected chi connectivity index (χ2v) is 5.59. The van der Waals surface area contributed by atoms with Gasteiger partial charge in [0.1, 0.15) is 5.75 Å². The Hall–Kier alpha value is -1.11. The molecule has 0 unspecified atom stereocenters. The first kappa shape index (κ1) is 14.9. The lowest BCUT2D eigenvalue weighted by Gasteiger charge is -2.05. The minimum atomic E-state index is -3.81. The average molecular weight is 273 g/mol. The van der Waals surface area contributed by atoms with Crippen molar-refractivity contribution < 1.29 is 17.7 Å². The summed E-state index contributed by atoms with van der Waals surface area (Å²) in [7, 11) is -2.19. The maximum Gasteiger partial charge on any atom is 0.264 e. The van der Waals surface area contributed by atoms with Crippen molar-refractivity contribution in [3.8, 4) is 5.75 Å². The molecule has 0 spiro atoms. The second kappa shape index (κ2) is 7.35. The van der Waals surface area contributed by atoms with Crippen molar-refractivity contribution in [2.45, 2.75) is 19.4 Å². The van der Waals surface area contributed by atoms with E-state index in [4.69, 9.17) is 9.29 Å². The van der Waals surface area contributed by atoms with Crippen molar-refractivity contribution in [1.29, 1.82) is 0 Å². The Labute approximate surface area is 108 Å². The van der Waals surface area contributed by atoms with Gasteiger partial charge in [-0.1, -0.05) is 12.1 Å². The molecular weight excluding hydrogens is 254 g/mol. The molecule has 1 rings (SSSR count). The van der Waals surface area contributed by atoms with Gasteiger partial charge in [-0.3, -0.25) is 4.55 Å². The predicted octanol–water partition coefficient (Wildman–Crippen LogP) is 1.45. The molecule has 5 nitrogen and oxygen atoms in total. The monoisotopic (exact) mass is 273 g/mol. The van der Waals surface area contributed by atoms with Gasteiger partial charge in [0.15, 0.2) is 0 Å². The molecule has 0 atom stereocenters. The van der Waals surface area contributed by atoms with Gasteiger partial charge in [0.05, 0.1) is 12.9 Å². The van der Waals surface area contributed by atoms with Crippen LogP contribution in [0.3, 0.4) is 0 Å². The van der Waals surface area contributed by atoms with Crippen LogP contribution in [0.25, 0.3) is 0 Å². The largest absolute Gasteiger partial charge is 0.497 e. The number of benzene rings is 1. The van der Waals surface area contributed by atoms with E-state index in [2.05, 4.69) is 5.32 Å². The first-order chi connectivity index (χ1) is 8.51. The normalized spacial score (nSPS) is 11.4. The lowest BCUT2D eigenvalue weighted by atomic mass is 10.2. The Bertz CT molecular complexity index is 442. The molecular formula is C12H19NO4S. The minimum Gasteiger partial charge on any atom is -0.497 e. The number of rotatable bonds is 8. The highest BCUT2D eigenvalue weighted by molar-refractivity contribution is 7.85. The number of nitrogens with one attached hydrogen (secondary N) is 1. The summed E-state index contributed by atoms with van der Waals surface area (Å²) in [6.45, 7) is 1.46. The summed E-state index contributed by atoms with van der Waals surface area (Å²) in [6, 6.07) is 7.75. The van der Waals surface area contributed by atoms with E-state index in [9.17, 15) is 8.42 Å². The fourth-order valence-electron chi connectivity index (χ4n) is 1.51. The Morgan fingerprint density at radius 2 is 1.89 bits per heavy atom. The quantitative estimate of drug-likeness (QED) is 0.554. The summed E-state index contributed by atoms with van der Waals surface area (Å²) in [5.41, 5.74) is 1.14. The zero-order valence-electron chi connectivity index (χ0n) is 10.4. The molecule has 0 aromatic heterocycles. The first-order valence-electron chi connectivity index (χ1n) is 5.80. The van der Waals surface area contributed by atoms with E-state index in [0.29, 0.717) is 6.42 Å². The smallest absolute Gasteiger partial charge is 0.264 e. The molecule has 0 amide bonds. The van der Waals surface area contributed by atoms with Crippen LogP contribution in [-0.4, -0.2) is 32.4 Å². The molecule has 0 radical (unpaired) electrons. The first-order valence-corrected chi connectivity index (χ1v) is 7.41. The van der Waals surface area contributed by atoms with Crippen LogP contribution >= 0.6 is 0 Å². The Balaban J connectivity index is 2.14. The average Bonchev–Trinajstić information content (AvgIpc) is 2.33. The van der Waals surface area contributed by atoms with Gasteiger partial charge in [0.25, 0.3) is 10.1 Å². The maximum atomic E-state index is 10.5. The van der Waals surface area contributed by atoms with E-state index in [1.807, 2.05) is 24.3 Å². The van der Waals surface area contributed by atoms with Gasteiger partial charge >= 0.3 is 0 Å². The molecule has 0 aliphatic heterocycles. The molecule has 6 heteroatoms. The van der Waals surface area contributed by atoms with Crippen molar-refractivity contribution in [3.63, 3.8) is 0 Å². The topological polar surface area (TPSA) is 75.6 Å². The fraction of sp³-hybridized carbons (Fsp3) is 0.500. The van der Waals surface area contributed by atoms with Crippen molar-refractivity contribution in [3.05, 3.63) is 29.8 Å². The van der Waals surface area contributed by atoms with Gasteiger partial charge in [0, 0.05) is 6.54 Å². The SMILES string of the molecule is COc1ccc(CNCCCCS(=O)(=O)O)cc1. The van der Waals surface area contributed by atoms with Crippen LogP contribution in [0.1, 0.15) is 18.4 Å². The Morgan fingerprint density at radius 3 is 2.44 bits per heavy atom. The maximum absolute atomic E-state index is 10.5. The minimum absolute atomic E-state index is 0.169. The van der Waals surface area contributed by atoms with E-state index in [1.54, 1.807) is 7.11 Å². The third-order valence-corrected chi connectivity index (χ3v) is 3.30. The molecule has 18 heavy (non-hydrogen) atoms. The van der Waals surface area contributed by atoms with Gasteiger partial charge < -0.3 is 10.1 Å². The number of hydrogen-bond donors (Lipinski definition) is 2. The Kier molecular flexibility index (Phi) is 6.11. The molecule has 0 aliphatic carbocycles. The van der Waals surface area contributed by atoms with Crippen LogP contribution < -0.4 is 10.1 Å². The van der Waals surface area contributed by atoms with Crippen molar-refractivity contribution in [1.82, 2.24) is 5.32 Å². The zero-order valence-corrected chi connectivity index (χ0v) is 11.2. The van der Waals surface area contributed by atoms with E-state index in [1.165, 1.54) is 0 Å². The summed E-state index contributed by atoms with van der Waals surface area (Å²) in [6.07, 6.45) is 1.18. The second-order valence-electron chi connectivity index (χ2n) is 4.02. The van der Waals surface area contributed by atoms with E-state index >= 15 is 0 Å². The van der Waals surface area contributed by atoms with Crippen LogP contribution in [0, 0.1) is 0 Å². The highest BCUT2D eigenvalue weighted by Gasteiger charge is 2.02. The van der Waals surface area contributed by atoms with Crippen LogP contribution in [0.2, 0.25) is 0 Å². The number of unbranched alkanes of at least 4 members (excludes halogenated alkanes) is 1. The van der Waals surface area contributed by atoms with E-state index < -0.39 is 10.1 Å². The molecule has 2 N–H and O–H groups in total. The van der Waals surface area contributed by atoms with Crippen LogP contribution in [0.4, 0.5) is 0 Å². The Morgan fingerprint density at radius 1 is 1.22 bits per heavy atom. The highest BCUT2D eigenvalue weighted by atomic mass is 32.2. The lowest BCUT2D eigenvalue weighted by molar-refractivity contribution is 0.414. The van der Waals surface area contributed by atoms with Crippen molar-refractivity contribution in [2.75, 3.05) is 19.4 Å². The molecule has 0 bridgehead atoms. The number of methoxy groups -OCH3 is 1. The number of ether oxygens (including phenoxy) is 1. The van der Waals surface area contributed by atoms with E-state index in [-0.39, 0.29) is 5.75 Å². The third kappa shape index (κ3) is 6.58. The number of hydrogen-bond acceptors (Lipinski definition) is 4.